The minimum Gasteiger partial charge on any atom is -0.267 e. The Kier molecular flexibility index (Phi) is 3.74. The molecule has 0 unspecified atom stereocenters. The minimum atomic E-state index is -0.138. The molecular formula is C16H22N2O. The Balaban J connectivity index is 2.01. The van der Waals surface area contributed by atoms with Crippen molar-refractivity contribution in [1.82, 2.24) is 5.43 Å². The highest BCUT2D eigenvalue weighted by molar-refractivity contribution is 5.95. The van der Waals surface area contributed by atoms with Gasteiger partial charge in [0.05, 0.1) is 0 Å². The van der Waals surface area contributed by atoms with E-state index in [-0.39, 0.29) is 11.3 Å². The third-order valence-electron chi connectivity index (χ3n) is 3.52. The molecule has 1 N–H and O–H groups in total. The molecule has 1 amide bonds. The van der Waals surface area contributed by atoms with Gasteiger partial charge in [-0.3, -0.25) is 4.79 Å². The van der Waals surface area contributed by atoms with Gasteiger partial charge in [-0.15, -0.1) is 0 Å². The normalized spacial score (nSPS) is 16.3. The summed E-state index contributed by atoms with van der Waals surface area (Å²) in [4.78, 5) is 11.9. The molecule has 2 rings (SSSR count). The van der Waals surface area contributed by atoms with Crippen molar-refractivity contribution in [1.29, 1.82) is 0 Å². The van der Waals surface area contributed by atoms with Crippen LogP contribution in [0.1, 0.15) is 56.5 Å². The first-order valence-corrected chi connectivity index (χ1v) is 6.83. The largest absolute Gasteiger partial charge is 0.271 e. The van der Waals surface area contributed by atoms with Gasteiger partial charge in [0.1, 0.15) is 0 Å². The number of hydrogen-bond donors (Lipinski definition) is 1. The quantitative estimate of drug-likeness (QED) is 0.654. The van der Waals surface area contributed by atoms with Crippen LogP contribution >= 0.6 is 0 Å². The zero-order valence-electron chi connectivity index (χ0n) is 12.2. The SMILES string of the molecule is CC(=NNC(=O)c1ccc(C(C)(C)C)cc1)C1CC1. The molecule has 1 aromatic carbocycles. The van der Waals surface area contributed by atoms with Crippen LogP contribution in [-0.2, 0) is 5.41 Å². The summed E-state index contributed by atoms with van der Waals surface area (Å²) in [5, 5.41) is 4.15. The van der Waals surface area contributed by atoms with Crippen molar-refractivity contribution >= 4 is 11.6 Å². The number of benzene rings is 1. The summed E-state index contributed by atoms with van der Waals surface area (Å²) in [6, 6.07) is 7.73. The standard InChI is InChI=1S/C16H22N2O/c1-11(12-5-6-12)17-18-15(19)13-7-9-14(10-8-13)16(2,3)4/h7-10,12H,5-6H2,1-4H3,(H,18,19). The number of hydrazone groups is 1. The van der Waals surface area contributed by atoms with E-state index in [1.165, 1.54) is 18.4 Å². The maximum atomic E-state index is 11.9. The lowest BCUT2D eigenvalue weighted by molar-refractivity contribution is 0.0954. The van der Waals surface area contributed by atoms with Gasteiger partial charge < -0.3 is 0 Å². The average Bonchev–Trinajstić information content (AvgIpc) is 3.19. The predicted octanol–water partition coefficient (Wildman–Crippen LogP) is 3.50. The van der Waals surface area contributed by atoms with Gasteiger partial charge in [-0.1, -0.05) is 32.9 Å². The van der Waals surface area contributed by atoms with E-state index in [0.717, 1.165) is 5.71 Å². The van der Waals surface area contributed by atoms with Crippen LogP contribution in [0.5, 0.6) is 0 Å². The van der Waals surface area contributed by atoms with Crippen molar-refractivity contribution in [3.63, 3.8) is 0 Å². The van der Waals surface area contributed by atoms with E-state index in [9.17, 15) is 4.79 Å². The smallest absolute Gasteiger partial charge is 0.267 e. The van der Waals surface area contributed by atoms with Gasteiger partial charge in [-0.25, -0.2) is 5.43 Å². The summed E-state index contributed by atoms with van der Waals surface area (Å²) in [5.41, 5.74) is 5.64. The Hall–Kier alpha value is -1.64. The molecule has 0 aliphatic heterocycles. The van der Waals surface area contributed by atoms with Crippen molar-refractivity contribution in [2.24, 2.45) is 11.0 Å². The number of nitrogens with zero attached hydrogens (tertiary/aromatic N) is 1. The van der Waals surface area contributed by atoms with Gasteiger partial charge in [0.2, 0.25) is 0 Å². The third kappa shape index (κ3) is 3.66. The molecule has 0 heterocycles. The van der Waals surface area contributed by atoms with Gasteiger partial charge in [-0.05, 0) is 48.8 Å². The molecule has 0 saturated heterocycles. The molecule has 0 atom stereocenters. The van der Waals surface area contributed by atoms with Gasteiger partial charge in [0, 0.05) is 11.3 Å². The van der Waals surface area contributed by atoms with Crippen LogP contribution in [0.2, 0.25) is 0 Å². The zero-order valence-corrected chi connectivity index (χ0v) is 12.2. The summed E-state index contributed by atoms with van der Waals surface area (Å²) < 4.78 is 0. The zero-order chi connectivity index (χ0) is 14.0. The number of hydrogen-bond acceptors (Lipinski definition) is 2. The number of amides is 1. The molecule has 0 bridgehead atoms. The summed E-state index contributed by atoms with van der Waals surface area (Å²) >= 11 is 0. The fraction of sp³-hybridized carbons (Fsp3) is 0.500. The Morgan fingerprint density at radius 1 is 1.21 bits per heavy atom. The summed E-state index contributed by atoms with van der Waals surface area (Å²) in [5.74, 6) is 0.448. The van der Waals surface area contributed by atoms with Crippen LogP contribution in [0.25, 0.3) is 0 Å². The Morgan fingerprint density at radius 3 is 2.26 bits per heavy atom. The van der Waals surface area contributed by atoms with Crippen molar-refractivity contribution in [3.8, 4) is 0 Å². The third-order valence-corrected chi connectivity index (χ3v) is 3.52. The van der Waals surface area contributed by atoms with E-state index in [2.05, 4.69) is 31.3 Å². The number of carbonyl (C=O) groups is 1. The van der Waals surface area contributed by atoms with Gasteiger partial charge in [0.15, 0.2) is 0 Å². The predicted molar refractivity (Wildman–Crippen MR) is 78.4 cm³/mol. The second-order valence-electron chi connectivity index (χ2n) is 6.30. The lowest BCUT2D eigenvalue weighted by atomic mass is 9.87. The van der Waals surface area contributed by atoms with E-state index >= 15 is 0 Å². The molecule has 1 aliphatic rings. The van der Waals surface area contributed by atoms with Crippen molar-refractivity contribution < 1.29 is 4.79 Å². The van der Waals surface area contributed by atoms with Crippen LogP contribution < -0.4 is 5.43 Å². The first kappa shape index (κ1) is 13.8. The first-order valence-electron chi connectivity index (χ1n) is 6.83. The summed E-state index contributed by atoms with van der Waals surface area (Å²) in [7, 11) is 0. The fourth-order valence-electron chi connectivity index (χ4n) is 1.92. The molecule has 19 heavy (non-hydrogen) atoms. The van der Waals surface area contributed by atoms with E-state index < -0.39 is 0 Å². The van der Waals surface area contributed by atoms with E-state index in [0.29, 0.717) is 11.5 Å². The molecule has 0 radical (unpaired) electrons. The molecular weight excluding hydrogens is 236 g/mol. The van der Waals surface area contributed by atoms with Crippen molar-refractivity contribution in [2.45, 2.75) is 46.0 Å². The molecule has 0 aromatic heterocycles. The molecule has 3 nitrogen and oxygen atoms in total. The van der Waals surface area contributed by atoms with Crippen LogP contribution in [0.15, 0.2) is 29.4 Å². The highest BCUT2D eigenvalue weighted by Gasteiger charge is 2.24. The molecule has 1 fully saturated rings. The number of rotatable bonds is 3. The number of carbonyl (C=O) groups excluding carboxylic acids is 1. The van der Waals surface area contributed by atoms with E-state index in [4.69, 9.17) is 0 Å². The van der Waals surface area contributed by atoms with Crippen molar-refractivity contribution in [2.75, 3.05) is 0 Å². The molecule has 1 aromatic rings. The lowest BCUT2D eigenvalue weighted by Crippen LogP contribution is -2.20. The fourth-order valence-corrected chi connectivity index (χ4v) is 1.92. The van der Waals surface area contributed by atoms with Crippen LogP contribution in [0, 0.1) is 5.92 Å². The summed E-state index contributed by atoms with van der Waals surface area (Å²) in [6.07, 6.45) is 2.40. The Bertz CT molecular complexity index is 490. The van der Waals surface area contributed by atoms with Gasteiger partial charge >= 0.3 is 0 Å². The maximum absolute atomic E-state index is 11.9. The van der Waals surface area contributed by atoms with Gasteiger partial charge in [0.25, 0.3) is 5.91 Å². The van der Waals surface area contributed by atoms with Crippen LogP contribution in [0.4, 0.5) is 0 Å². The number of nitrogens with one attached hydrogen (secondary N) is 1. The molecule has 1 aliphatic carbocycles. The summed E-state index contributed by atoms with van der Waals surface area (Å²) in [6.45, 7) is 8.45. The second kappa shape index (κ2) is 5.16. The second-order valence-corrected chi connectivity index (χ2v) is 6.30. The van der Waals surface area contributed by atoms with Crippen molar-refractivity contribution in [3.05, 3.63) is 35.4 Å². The molecule has 3 heteroatoms. The molecule has 102 valence electrons. The highest BCUT2D eigenvalue weighted by Crippen LogP contribution is 2.30. The molecule has 1 saturated carbocycles. The monoisotopic (exact) mass is 258 g/mol. The molecule has 0 spiro atoms. The average molecular weight is 258 g/mol. The first-order chi connectivity index (χ1) is 8.88. The maximum Gasteiger partial charge on any atom is 0.271 e. The van der Waals surface area contributed by atoms with Gasteiger partial charge in [-0.2, -0.15) is 5.10 Å². The van der Waals surface area contributed by atoms with Crippen LogP contribution in [0.3, 0.4) is 0 Å². The van der Waals surface area contributed by atoms with E-state index in [1.54, 1.807) is 0 Å². The Morgan fingerprint density at radius 2 is 1.79 bits per heavy atom. The van der Waals surface area contributed by atoms with Crippen LogP contribution in [-0.4, -0.2) is 11.6 Å². The topological polar surface area (TPSA) is 41.5 Å². The minimum absolute atomic E-state index is 0.107. The van der Waals surface area contributed by atoms with E-state index in [1.807, 2.05) is 31.2 Å². The Labute approximate surface area is 115 Å². The lowest BCUT2D eigenvalue weighted by Gasteiger charge is -2.18. The highest BCUT2D eigenvalue weighted by atomic mass is 16.2.